The molecule has 7 fully saturated rings. The molecule has 84 heavy (non-hydrogen) atoms. The van der Waals surface area contributed by atoms with Gasteiger partial charge in [-0.2, -0.15) is 0 Å². The van der Waals surface area contributed by atoms with Crippen molar-refractivity contribution in [3.05, 3.63) is 0 Å². The topological polar surface area (TPSA) is 177 Å². The number of quaternary nitrogens is 4. The summed E-state index contributed by atoms with van der Waals surface area (Å²) in [5.74, 6) is 1.04. The maximum atomic E-state index is 7.57. The van der Waals surface area contributed by atoms with Crippen LogP contribution in [0, 0.1) is 5.92 Å². The number of likely N-dealkylation sites (N-methyl/N-ethyl adjacent to an activating group) is 2. The highest BCUT2D eigenvalue weighted by molar-refractivity contribution is 7.73. The maximum Gasteiger partial charge on any atom is 0.106 e. The Morgan fingerprint density at radius 1 is 0.333 bits per heavy atom. The molecule has 0 aliphatic carbocycles. The van der Waals surface area contributed by atoms with E-state index in [1.807, 2.05) is 20.8 Å². The first-order valence-corrected chi connectivity index (χ1v) is 36.0. The number of ether oxygens (including phenoxy) is 15. The van der Waals surface area contributed by atoms with Gasteiger partial charge in [0, 0.05) is 53.7 Å². The van der Waals surface area contributed by atoms with Crippen LogP contribution in [0.4, 0.5) is 0 Å². The molecule has 0 saturated carbocycles. The maximum absolute atomic E-state index is 7.57. The number of rotatable bonds is 19. The van der Waals surface area contributed by atoms with Crippen molar-refractivity contribution in [2.75, 3.05) is 350 Å². The molecule has 0 atom stereocenters. The molecular weight excluding hydrogens is 1110 g/mol. The van der Waals surface area contributed by atoms with E-state index in [0.29, 0.717) is 159 Å². The van der Waals surface area contributed by atoms with E-state index in [1.165, 1.54) is 49.9 Å². The van der Waals surface area contributed by atoms with Gasteiger partial charge in [0.15, 0.2) is 0 Å². The van der Waals surface area contributed by atoms with Crippen molar-refractivity contribution < 1.29 is 104 Å². The minimum atomic E-state index is -0.389. The second-order valence-electron chi connectivity index (χ2n) is 23.9. The van der Waals surface area contributed by atoms with E-state index in [0.717, 1.165) is 138 Å². The summed E-state index contributed by atoms with van der Waals surface area (Å²) in [6.07, 6.45) is 4.31. The fourth-order valence-electron chi connectivity index (χ4n) is 9.61. The average molecular weight is 1240 g/mol. The highest BCUT2D eigenvalue weighted by Crippen LogP contribution is 2.40. The van der Waals surface area contributed by atoms with Gasteiger partial charge in [0.25, 0.3) is 0 Å². The molecule has 0 aromatic carbocycles. The van der Waals surface area contributed by atoms with Gasteiger partial charge in [0.1, 0.15) is 78.6 Å². The Balaban J connectivity index is 0.000000608. The average Bonchev–Trinajstić information content (AvgIpc) is 3.68. The van der Waals surface area contributed by atoms with Crippen molar-refractivity contribution in [2.45, 2.75) is 47.0 Å². The van der Waals surface area contributed by atoms with Crippen LogP contribution in [0.15, 0.2) is 0 Å². The van der Waals surface area contributed by atoms with Crippen molar-refractivity contribution in [3.8, 4) is 0 Å². The summed E-state index contributed by atoms with van der Waals surface area (Å²) in [5.41, 5.74) is 0. The molecule has 7 saturated heterocycles. The highest BCUT2D eigenvalue weighted by atomic mass is 31.2. The molecule has 7 heterocycles. The molecule has 4 bridgehead atoms. The van der Waals surface area contributed by atoms with Gasteiger partial charge in [-0.1, -0.05) is 0 Å². The van der Waals surface area contributed by atoms with Gasteiger partial charge in [-0.25, -0.2) is 9.78 Å². The predicted octanol–water partition coefficient (Wildman–Crippen LogP) is 4.12. The van der Waals surface area contributed by atoms with Crippen LogP contribution in [0.25, 0.3) is 0 Å². The third-order valence-electron chi connectivity index (χ3n) is 15.1. The fraction of sp³-hybridized carbons (Fsp3) is 1.00. The highest BCUT2D eigenvalue weighted by Gasteiger charge is 2.39. The van der Waals surface area contributed by atoms with E-state index in [1.54, 1.807) is 6.92 Å². The Bertz CT molecular complexity index is 1270. The summed E-state index contributed by atoms with van der Waals surface area (Å²) in [6, 6.07) is 0. The monoisotopic (exact) mass is 1240 g/mol. The predicted molar refractivity (Wildman–Crippen MR) is 333 cm³/mol. The lowest BCUT2D eigenvalue weighted by Crippen LogP contribution is -2.59. The summed E-state index contributed by atoms with van der Waals surface area (Å²) in [7, 11) is 4.10. The fourth-order valence-corrected chi connectivity index (χ4v) is 9.61. The van der Waals surface area contributed by atoms with E-state index < -0.39 is 0 Å². The number of hydrogen-bond donors (Lipinski definition) is 1. The zero-order valence-electron chi connectivity index (χ0n) is 55.6. The standard InChI is InChI=1S/C22H46NO8.C20H42N2O6.C13H26NO3.C4H12P.C2H6O/c1-3-24-9-5-23(6-10-26-14-13-25-4-2)7-11-27-15-17-29-19-21-31-22-20-30-18-16-28-12-8-23;1-21-3-9-23-15-18-26-12-6-22(2,7-13-27-19-16-24-10-4-21)8-14-28-20-17-25-11-5-21;1-2-16-17-12-11-15-10-9-14-6-3-13(4-7-14)5-8-14;1-5(2,3)4;1-2-3/h3-22H2,1-2H3;3-20H2,1-2H3;13H,2-12H2,1H3;1-4H3;3H,2H2,1H3/q+1;+2;2*+1;. The van der Waals surface area contributed by atoms with Crippen molar-refractivity contribution in [2.24, 2.45) is 5.92 Å². The third kappa shape index (κ3) is 49.3. The number of fused-ring (bicyclic) bond motifs is 24. The molecule has 0 aromatic heterocycles. The Hall–Kier alpha value is -0.450. The van der Waals surface area contributed by atoms with Crippen LogP contribution in [0.5, 0.6) is 0 Å². The first-order valence-electron chi connectivity index (χ1n) is 32.4. The molecular formula is C61H132N4O18P+5. The molecule has 0 unspecified atom stereocenters. The normalized spacial score (nSPS) is 26.5. The Morgan fingerprint density at radius 3 is 0.917 bits per heavy atom. The summed E-state index contributed by atoms with van der Waals surface area (Å²) >= 11 is 0. The van der Waals surface area contributed by atoms with Crippen LogP contribution < -0.4 is 0 Å². The van der Waals surface area contributed by atoms with E-state index >= 15 is 0 Å². The van der Waals surface area contributed by atoms with Gasteiger partial charge in [0.2, 0.25) is 0 Å². The van der Waals surface area contributed by atoms with E-state index in [4.69, 9.17) is 85.9 Å². The van der Waals surface area contributed by atoms with Gasteiger partial charge in [-0.15, -0.1) is 0 Å². The molecule has 1 N–H and O–H groups in total. The molecule has 7 aliphatic heterocycles. The molecule has 7 aliphatic rings. The number of hydrogen-bond acceptors (Lipinski definition) is 18. The van der Waals surface area contributed by atoms with Crippen LogP contribution >= 0.6 is 7.26 Å². The molecule has 0 radical (unpaired) electrons. The molecule has 0 aromatic rings. The molecule has 22 nitrogen and oxygen atoms in total. The van der Waals surface area contributed by atoms with E-state index in [2.05, 4.69) is 40.8 Å². The first kappa shape index (κ1) is 81.6. The molecule has 23 heteroatoms. The van der Waals surface area contributed by atoms with Crippen molar-refractivity contribution in [1.29, 1.82) is 0 Å². The lowest BCUT2D eigenvalue weighted by Gasteiger charge is -2.49. The lowest BCUT2D eigenvalue weighted by atomic mass is 9.86. The Labute approximate surface area is 512 Å². The zero-order valence-corrected chi connectivity index (χ0v) is 56.5. The van der Waals surface area contributed by atoms with Crippen LogP contribution in [-0.4, -0.2) is 373 Å². The van der Waals surface area contributed by atoms with Crippen LogP contribution in [0.2, 0.25) is 0 Å². The van der Waals surface area contributed by atoms with Crippen LogP contribution in [0.1, 0.15) is 47.0 Å². The Morgan fingerprint density at radius 2 is 0.595 bits per heavy atom. The quantitative estimate of drug-likeness (QED) is 0.0642. The summed E-state index contributed by atoms with van der Waals surface area (Å²) in [4.78, 5) is 9.70. The van der Waals surface area contributed by atoms with Gasteiger partial charge < -0.3 is 94.1 Å². The molecule has 504 valence electrons. The van der Waals surface area contributed by atoms with Crippen molar-refractivity contribution in [3.63, 3.8) is 0 Å². The van der Waals surface area contributed by atoms with Crippen LogP contribution in [0.3, 0.4) is 0 Å². The second-order valence-corrected chi connectivity index (χ2v) is 29.2. The van der Waals surface area contributed by atoms with Crippen molar-refractivity contribution in [1.82, 2.24) is 0 Å². The third-order valence-corrected chi connectivity index (χ3v) is 15.1. The molecule has 0 amide bonds. The van der Waals surface area contributed by atoms with Gasteiger partial charge in [0.05, 0.1) is 225 Å². The minimum absolute atomic E-state index is 0.250. The molecule has 0 spiro atoms. The zero-order chi connectivity index (χ0) is 61.5. The summed E-state index contributed by atoms with van der Waals surface area (Å²) in [6.45, 7) is 52.3. The first-order chi connectivity index (χ1) is 40.7. The SMILES string of the molecule is CCO.CCOCCOCC[N+]1(CCOCC)CCOCCOCCOCCOCCOCC1.CCOOCCOCC[N+]12CCC(CC1)CC2.C[N+]12CCOCCOCC[N+](C)(CCOCCOCC1)CCOCCOCC2.C[P+](C)(C)C. The summed E-state index contributed by atoms with van der Waals surface area (Å²) in [5, 5.41) is 7.57. The van der Waals surface area contributed by atoms with E-state index in [-0.39, 0.29) is 13.9 Å². The van der Waals surface area contributed by atoms with Gasteiger partial charge >= 0.3 is 0 Å². The largest absolute Gasteiger partial charge is 0.397 e. The Kier molecular flexibility index (Phi) is 53.8. The van der Waals surface area contributed by atoms with E-state index in [9.17, 15) is 0 Å². The number of piperidine rings is 3. The van der Waals surface area contributed by atoms with Gasteiger partial charge in [-0.05, 0) is 52.9 Å². The number of aliphatic hydroxyl groups is 1. The number of nitrogens with zero attached hydrogens (tertiary/aromatic N) is 4. The summed E-state index contributed by atoms with van der Waals surface area (Å²) < 4.78 is 89.6. The van der Waals surface area contributed by atoms with Gasteiger partial charge in [-0.3, -0.25) is 0 Å². The lowest BCUT2D eigenvalue weighted by molar-refractivity contribution is -0.942. The number of aliphatic hydroxyl groups excluding tert-OH is 1. The smallest absolute Gasteiger partial charge is 0.106 e. The second kappa shape index (κ2) is 55.4. The minimum Gasteiger partial charge on any atom is -0.397 e. The molecule has 7 rings (SSSR count). The van der Waals surface area contributed by atoms with Crippen molar-refractivity contribution >= 4 is 7.26 Å². The van der Waals surface area contributed by atoms with Crippen LogP contribution in [-0.2, 0) is 80.8 Å².